The van der Waals surface area contributed by atoms with Crippen LogP contribution in [0.2, 0.25) is 0 Å². The Morgan fingerprint density at radius 3 is 2.39 bits per heavy atom. The second kappa shape index (κ2) is 8.39. The molecular weight excluding hydrogens is 312 g/mol. The SMILES string of the molecule is COc1ccccc1CC(=O)OCC(=O)c1ccc(SC)cc1. The van der Waals surface area contributed by atoms with Crippen molar-refractivity contribution < 1.29 is 19.1 Å². The predicted octanol–water partition coefficient (Wildman–Crippen LogP) is 3.39. The summed E-state index contributed by atoms with van der Waals surface area (Å²) in [7, 11) is 1.55. The topological polar surface area (TPSA) is 52.6 Å². The van der Waals surface area contributed by atoms with E-state index in [0.29, 0.717) is 11.3 Å². The van der Waals surface area contributed by atoms with E-state index in [0.717, 1.165) is 10.5 Å². The van der Waals surface area contributed by atoms with Gasteiger partial charge < -0.3 is 9.47 Å². The summed E-state index contributed by atoms with van der Waals surface area (Å²) in [6.45, 7) is -0.257. The molecule has 2 rings (SSSR count). The molecule has 0 unspecified atom stereocenters. The molecule has 0 aliphatic carbocycles. The fraction of sp³-hybridized carbons (Fsp3) is 0.222. The fourth-order valence-corrected chi connectivity index (χ4v) is 2.47. The molecule has 0 aliphatic rings. The van der Waals surface area contributed by atoms with Gasteiger partial charge >= 0.3 is 5.97 Å². The van der Waals surface area contributed by atoms with E-state index in [-0.39, 0.29) is 18.8 Å². The molecule has 2 aromatic carbocycles. The molecule has 0 bridgehead atoms. The quantitative estimate of drug-likeness (QED) is 0.442. The standard InChI is InChI=1S/C18H18O4S/c1-21-17-6-4-3-5-14(17)11-18(20)22-12-16(19)13-7-9-15(23-2)10-8-13/h3-10H,11-12H2,1-2H3. The van der Waals surface area contributed by atoms with Crippen LogP contribution in [-0.2, 0) is 16.0 Å². The van der Waals surface area contributed by atoms with Gasteiger partial charge in [-0.05, 0) is 24.5 Å². The first kappa shape index (κ1) is 17.1. The molecule has 120 valence electrons. The highest BCUT2D eigenvalue weighted by Gasteiger charge is 2.12. The first-order valence-electron chi connectivity index (χ1n) is 7.09. The predicted molar refractivity (Wildman–Crippen MR) is 90.2 cm³/mol. The smallest absolute Gasteiger partial charge is 0.310 e. The largest absolute Gasteiger partial charge is 0.496 e. The van der Waals surface area contributed by atoms with E-state index < -0.39 is 5.97 Å². The van der Waals surface area contributed by atoms with Crippen LogP contribution >= 0.6 is 11.8 Å². The van der Waals surface area contributed by atoms with Crippen molar-refractivity contribution >= 4 is 23.5 Å². The molecule has 5 heteroatoms. The van der Waals surface area contributed by atoms with Crippen molar-refractivity contribution in [3.63, 3.8) is 0 Å². The van der Waals surface area contributed by atoms with Gasteiger partial charge in [0.1, 0.15) is 5.75 Å². The van der Waals surface area contributed by atoms with Crippen molar-refractivity contribution in [2.24, 2.45) is 0 Å². The monoisotopic (exact) mass is 330 g/mol. The second-order valence-electron chi connectivity index (χ2n) is 4.80. The van der Waals surface area contributed by atoms with Gasteiger partial charge in [-0.1, -0.05) is 30.3 Å². The van der Waals surface area contributed by atoms with E-state index in [1.165, 1.54) is 0 Å². The van der Waals surface area contributed by atoms with Gasteiger partial charge in [0.25, 0.3) is 0 Å². The van der Waals surface area contributed by atoms with E-state index in [1.54, 1.807) is 43.1 Å². The average molecular weight is 330 g/mol. The Morgan fingerprint density at radius 2 is 1.74 bits per heavy atom. The molecule has 0 atom stereocenters. The molecule has 0 saturated carbocycles. The normalized spacial score (nSPS) is 10.2. The number of methoxy groups -OCH3 is 1. The van der Waals surface area contributed by atoms with Crippen LogP contribution in [0.4, 0.5) is 0 Å². The summed E-state index contributed by atoms with van der Waals surface area (Å²) in [5, 5.41) is 0. The number of rotatable bonds is 7. The summed E-state index contributed by atoms with van der Waals surface area (Å²) < 4.78 is 10.3. The zero-order valence-corrected chi connectivity index (χ0v) is 13.9. The van der Waals surface area contributed by atoms with Crippen LogP contribution in [0.25, 0.3) is 0 Å². The van der Waals surface area contributed by atoms with E-state index >= 15 is 0 Å². The molecular formula is C18H18O4S. The van der Waals surface area contributed by atoms with Gasteiger partial charge in [-0.25, -0.2) is 0 Å². The average Bonchev–Trinajstić information content (AvgIpc) is 2.60. The molecule has 0 heterocycles. The van der Waals surface area contributed by atoms with Crippen LogP contribution in [0, 0.1) is 0 Å². The molecule has 0 aliphatic heterocycles. The maximum absolute atomic E-state index is 12.0. The van der Waals surface area contributed by atoms with Crippen molar-refractivity contribution in [3.8, 4) is 5.75 Å². The molecule has 0 saturated heterocycles. The number of hydrogen-bond acceptors (Lipinski definition) is 5. The number of thioether (sulfide) groups is 1. The molecule has 2 aromatic rings. The molecule has 0 aromatic heterocycles. The minimum absolute atomic E-state index is 0.0721. The summed E-state index contributed by atoms with van der Waals surface area (Å²) in [4.78, 5) is 25.0. The number of carbonyl (C=O) groups is 2. The molecule has 0 fully saturated rings. The lowest BCUT2D eigenvalue weighted by atomic mass is 10.1. The first-order valence-corrected chi connectivity index (χ1v) is 8.31. The van der Waals surface area contributed by atoms with Crippen molar-refractivity contribution in [3.05, 3.63) is 59.7 Å². The Bertz CT molecular complexity index is 680. The van der Waals surface area contributed by atoms with Gasteiger partial charge in [-0.2, -0.15) is 0 Å². The maximum Gasteiger partial charge on any atom is 0.310 e. The maximum atomic E-state index is 12.0. The summed E-state index contributed by atoms with van der Waals surface area (Å²) in [6.07, 6.45) is 2.04. The summed E-state index contributed by atoms with van der Waals surface area (Å²) in [5.41, 5.74) is 1.27. The summed E-state index contributed by atoms with van der Waals surface area (Å²) >= 11 is 1.60. The van der Waals surface area contributed by atoms with E-state index in [1.807, 2.05) is 30.5 Å². The van der Waals surface area contributed by atoms with Gasteiger partial charge in [0.05, 0.1) is 13.5 Å². The van der Waals surface area contributed by atoms with Gasteiger partial charge in [-0.15, -0.1) is 11.8 Å². The highest BCUT2D eigenvalue weighted by molar-refractivity contribution is 7.98. The molecule has 0 radical (unpaired) electrons. The third-order valence-electron chi connectivity index (χ3n) is 3.30. The van der Waals surface area contributed by atoms with Crippen LogP contribution in [0.3, 0.4) is 0 Å². The van der Waals surface area contributed by atoms with Crippen LogP contribution in [0.1, 0.15) is 15.9 Å². The Kier molecular flexibility index (Phi) is 6.23. The molecule has 0 amide bonds. The van der Waals surface area contributed by atoms with E-state index in [2.05, 4.69) is 0 Å². The third kappa shape index (κ3) is 4.86. The van der Waals surface area contributed by atoms with Gasteiger partial charge in [0, 0.05) is 16.0 Å². The van der Waals surface area contributed by atoms with Gasteiger partial charge in [0.2, 0.25) is 0 Å². The number of ether oxygens (including phenoxy) is 2. The van der Waals surface area contributed by atoms with E-state index in [9.17, 15) is 9.59 Å². The van der Waals surface area contributed by atoms with Gasteiger partial charge in [0.15, 0.2) is 12.4 Å². The van der Waals surface area contributed by atoms with Crippen LogP contribution in [-0.4, -0.2) is 31.7 Å². The van der Waals surface area contributed by atoms with Crippen LogP contribution in [0.5, 0.6) is 5.75 Å². The van der Waals surface area contributed by atoms with Crippen molar-refractivity contribution in [1.82, 2.24) is 0 Å². The van der Waals surface area contributed by atoms with E-state index in [4.69, 9.17) is 9.47 Å². The minimum atomic E-state index is -0.455. The van der Waals surface area contributed by atoms with Crippen molar-refractivity contribution in [1.29, 1.82) is 0 Å². The number of benzene rings is 2. The number of hydrogen-bond donors (Lipinski definition) is 0. The Hall–Kier alpha value is -2.27. The lowest BCUT2D eigenvalue weighted by molar-refractivity contribution is -0.141. The molecule has 0 spiro atoms. The fourth-order valence-electron chi connectivity index (χ4n) is 2.06. The Labute approximate surface area is 139 Å². The highest BCUT2D eigenvalue weighted by atomic mass is 32.2. The number of carbonyl (C=O) groups excluding carboxylic acids is 2. The summed E-state index contributed by atoms with van der Waals surface area (Å²) in [6, 6.07) is 14.4. The summed E-state index contributed by atoms with van der Waals surface area (Å²) in [5.74, 6) is -0.0435. The number of ketones is 1. The number of Topliss-reactive ketones (excluding diaryl/α,β-unsaturated/α-hetero) is 1. The Morgan fingerprint density at radius 1 is 1.04 bits per heavy atom. The highest BCUT2D eigenvalue weighted by Crippen LogP contribution is 2.18. The number of para-hydroxylation sites is 1. The molecule has 23 heavy (non-hydrogen) atoms. The van der Waals surface area contributed by atoms with Crippen LogP contribution in [0.15, 0.2) is 53.4 Å². The van der Waals surface area contributed by atoms with Gasteiger partial charge in [-0.3, -0.25) is 9.59 Å². The second-order valence-corrected chi connectivity index (χ2v) is 5.68. The lowest BCUT2D eigenvalue weighted by Crippen LogP contribution is -2.16. The van der Waals surface area contributed by atoms with Crippen molar-refractivity contribution in [2.45, 2.75) is 11.3 Å². The zero-order chi connectivity index (χ0) is 16.7. The first-order chi connectivity index (χ1) is 11.1. The zero-order valence-electron chi connectivity index (χ0n) is 13.1. The lowest BCUT2D eigenvalue weighted by Gasteiger charge is -2.08. The Balaban J connectivity index is 1.89. The number of esters is 1. The van der Waals surface area contributed by atoms with Crippen LogP contribution < -0.4 is 4.74 Å². The third-order valence-corrected chi connectivity index (χ3v) is 4.05. The minimum Gasteiger partial charge on any atom is -0.496 e. The van der Waals surface area contributed by atoms with Crippen molar-refractivity contribution in [2.75, 3.05) is 20.0 Å². The molecule has 4 nitrogen and oxygen atoms in total. The molecule has 0 N–H and O–H groups in total.